The van der Waals surface area contributed by atoms with Gasteiger partial charge in [-0.3, -0.25) is 5.32 Å². The van der Waals surface area contributed by atoms with Gasteiger partial charge in [0.25, 0.3) is 0 Å². The molecule has 1 heterocycles. The van der Waals surface area contributed by atoms with E-state index in [-0.39, 0.29) is 23.9 Å². The lowest BCUT2D eigenvalue weighted by Crippen LogP contribution is -2.16. The van der Waals surface area contributed by atoms with Gasteiger partial charge in [0.1, 0.15) is 6.61 Å². The molecule has 1 aromatic heterocycles. The minimum atomic E-state index is -1.21. The Morgan fingerprint density at radius 2 is 2.28 bits per heavy atom. The van der Waals surface area contributed by atoms with Gasteiger partial charge in [0.05, 0.1) is 7.11 Å². The smallest absolute Gasteiger partial charge is 0.413 e. The number of rotatable bonds is 5. The third kappa shape index (κ3) is 3.48. The van der Waals surface area contributed by atoms with E-state index in [1.165, 1.54) is 25.3 Å². The maximum Gasteiger partial charge on any atom is 0.413 e. The van der Waals surface area contributed by atoms with Crippen molar-refractivity contribution in [2.75, 3.05) is 19.0 Å². The number of pyridine rings is 1. The van der Waals surface area contributed by atoms with Crippen molar-refractivity contribution < 1.29 is 24.2 Å². The Bertz CT molecular complexity index is 473. The first-order chi connectivity index (χ1) is 8.58. The SMILES string of the molecule is C=CCOC(=O)Nc1nc(C(=O)O)ccc1OC. The van der Waals surface area contributed by atoms with Crippen LogP contribution >= 0.6 is 0 Å². The summed E-state index contributed by atoms with van der Waals surface area (Å²) in [7, 11) is 1.37. The summed E-state index contributed by atoms with van der Waals surface area (Å²) in [5.41, 5.74) is -0.213. The highest BCUT2D eigenvalue weighted by atomic mass is 16.5. The molecule has 7 heteroatoms. The number of aromatic carboxylic acids is 1. The van der Waals surface area contributed by atoms with Gasteiger partial charge in [0.15, 0.2) is 17.3 Å². The molecule has 7 nitrogen and oxygen atoms in total. The van der Waals surface area contributed by atoms with Crippen LogP contribution in [0.2, 0.25) is 0 Å². The summed E-state index contributed by atoms with van der Waals surface area (Å²) in [5.74, 6) is -0.998. The Balaban J connectivity index is 2.90. The number of nitrogens with zero attached hydrogens (tertiary/aromatic N) is 1. The number of aromatic nitrogens is 1. The molecule has 1 rings (SSSR count). The summed E-state index contributed by atoms with van der Waals surface area (Å²) >= 11 is 0. The first-order valence-corrected chi connectivity index (χ1v) is 4.91. The fraction of sp³-hybridized carbons (Fsp3) is 0.182. The van der Waals surface area contributed by atoms with Crippen LogP contribution < -0.4 is 10.1 Å². The topological polar surface area (TPSA) is 97.8 Å². The van der Waals surface area contributed by atoms with E-state index in [0.29, 0.717) is 0 Å². The molecule has 0 atom stereocenters. The van der Waals surface area contributed by atoms with Crippen LogP contribution in [0.25, 0.3) is 0 Å². The fourth-order valence-electron chi connectivity index (χ4n) is 1.09. The summed E-state index contributed by atoms with van der Waals surface area (Å²) < 4.78 is 9.62. The third-order valence-electron chi connectivity index (χ3n) is 1.85. The maximum atomic E-state index is 11.3. The second-order valence-corrected chi connectivity index (χ2v) is 3.06. The van der Waals surface area contributed by atoms with E-state index in [1.54, 1.807) is 0 Å². The number of carbonyl (C=O) groups excluding carboxylic acids is 1. The number of amides is 1. The Morgan fingerprint density at radius 1 is 1.56 bits per heavy atom. The van der Waals surface area contributed by atoms with E-state index in [1.807, 2.05) is 0 Å². The second kappa shape index (κ2) is 6.24. The molecule has 0 aliphatic carbocycles. The van der Waals surface area contributed by atoms with Gasteiger partial charge in [-0.2, -0.15) is 0 Å². The number of hydrogen-bond acceptors (Lipinski definition) is 5. The van der Waals surface area contributed by atoms with Crippen LogP contribution in [0.3, 0.4) is 0 Å². The van der Waals surface area contributed by atoms with Gasteiger partial charge < -0.3 is 14.6 Å². The number of nitrogens with one attached hydrogen (secondary N) is 1. The summed E-state index contributed by atoms with van der Waals surface area (Å²) in [6.45, 7) is 3.42. The van der Waals surface area contributed by atoms with Crippen molar-refractivity contribution in [3.63, 3.8) is 0 Å². The summed E-state index contributed by atoms with van der Waals surface area (Å²) in [4.78, 5) is 25.8. The third-order valence-corrected chi connectivity index (χ3v) is 1.85. The zero-order chi connectivity index (χ0) is 13.5. The average molecular weight is 252 g/mol. The molecule has 0 aliphatic rings. The van der Waals surface area contributed by atoms with E-state index >= 15 is 0 Å². The van der Waals surface area contributed by atoms with Gasteiger partial charge in [0, 0.05) is 0 Å². The molecule has 0 saturated heterocycles. The molecule has 0 aliphatic heterocycles. The van der Waals surface area contributed by atoms with E-state index in [4.69, 9.17) is 9.84 Å². The monoisotopic (exact) mass is 252 g/mol. The largest absolute Gasteiger partial charge is 0.493 e. The highest BCUT2D eigenvalue weighted by Gasteiger charge is 2.13. The minimum absolute atomic E-state index is 0.0218. The zero-order valence-electron chi connectivity index (χ0n) is 9.67. The van der Waals surface area contributed by atoms with Gasteiger partial charge >= 0.3 is 12.1 Å². The van der Waals surface area contributed by atoms with Gasteiger partial charge in [-0.25, -0.2) is 14.6 Å². The number of anilines is 1. The summed E-state index contributed by atoms with van der Waals surface area (Å²) in [5, 5.41) is 11.1. The van der Waals surface area contributed by atoms with Gasteiger partial charge in [-0.05, 0) is 12.1 Å². The Morgan fingerprint density at radius 3 is 2.83 bits per heavy atom. The highest BCUT2D eigenvalue weighted by molar-refractivity contribution is 5.89. The fourth-order valence-corrected chi connectivity index (χ4v) is 1.09. The molecule has 0 aromatic carbocycles. The molecule has 0 bridgehead atoms. The molecule has 1 amide bonds. The molecule has 0 spiro atoms. The first-order valence-electron chi connectivity index (χ1n) is 4.91. The molecular weight excluding hydrogens is 240 g/mol. The number of hydrogen-bond donors (Lipinski definition) is 2. The first kappa shape index (κ1) is 13.5. The maximum absolute atomic E-state index is 11.3. The number of carbonyl (C=O) groups is 2. The molecule has 1 aromatic rings. The molecule has 0 saturated carbocycles. The lowest BCUT2D eigenvalue weighted by molar-refractivity contribution is 0.0690. The molecule has 96 valence electrons. The van der Waals surface area contributed by atoms with E-state index < -0.39 is 12.1 Å². The van der Waals surface area contributed by atoms with Crippen LogP contribution in [-0.2, 0) is 4.74 Å². The molecular formula is C11H12N2O5. The second-order valence-electron chi connectivity index (χ2n) is 3.06. The predicted molar refractivity (Wildman–Crippen MR) is 62.9 cm³/mol. The lowest BCUT2D eigenvalue weighted by Gasteiger charge is -2.09. The van der Waals surface area contributed by atoms with Crippen molar-refractivity contribution in [2.45, 2.75) is 0 Å². The van der Waals surface area contributed by atoms with E-state index in [9.17, 15) is 9.59 Å². The van der Waals surface area contributed by atoms with Crippen LogP contribution in [0.1, 0.15) is 10.5 Å². The summed E-state index contributed by atoms with van der Waals surface area (Å²) in [6, 6.07) is 2.65. The number of carboxylic acids is 1. The van der Waals surface area contributed by atoms with Crippen LogP contribution in [0.4, 0.5) is 10.6 Å². The van der Waals surface area contributed by atoms with Gasteiger partial charge in [-0.1, -0.05) is 12.7 Å². The zero-order valence-corrected chi connectivity index (χ0v) is 9.67. The predicted octanol–water partition coefficient (Wildman–Crippen LogP) is 1.52. The Kier molecular flexibility index (Phi) is 4.67. The van der Waals surface area contributed by atoms with Crippen LogP contribution in [0.5, 0.6) is 5.75 Å². The van der Waals surface area contributed by atoms with E-state index in [0.717, 1.165) is 0 Å². The molecule has 0 fully saturated rings. The summed E-state index contributed by atoms with van der Waals surface area (Å²) in [6.07, 6.45) is 0.626. The van der Waals surface area contributed by atoms with Gasteiger partial charge in [-0.15, -0.1) is 0 Å². The Hall–Kier alpha value is -2.57. The normalized spacial score (nSPS) is 9.39. The minimum Gasteiger partial charge on any atom is -0.493 e. The molecule has 0 unspecified atom stereocenters. The molecule has 18 heavy (non-hydrogen) atoms. The van der Waals surface area contributed by atoms with Crippen molar-refractivity contribution in [1.82, 2.24) is 4.98 Å². The lowest BCUT2D eigenvalue weighted by atomic mass is 10.3. The quantitative estimate of drug-likeness (QED) is 0.771. The Labute approximate surface area is 103 Å². The van der Waals surface area contributed by atoms with Crippen LogP contribution in [0.15, 0.2) is 24.8 Å². The number of ether oxygens (including phenoxy) is 2. The standard InChI is InChI=1S/C11H12N2O5/c1-3-6-18-11(16)13-9-8(17-2)5-4-7(12-9)10(14)15/h3-5H,1,6H2,2H3,(H,14,15)(H,12,13,16). The van der Waals surface area contributed by atoms with Crippen molar-refractivity contribution in [3.05, 3.63) is 30.5 Å². The van der Waals surface area contributed by atoms with Crippen molar-refractivity contribution in [1.29, 1.82) is 0 Å². The van der Waals surface area contributed by atoms with Crippen molar-refractivity contribution >= 4 is 17.9 Å². The molecule has 2 N–H and O–H groups in total. The van der Waals surface area contributed by atoms with Crippen LogP contribution in [0, 0.1) is 0 Å². The number of carboxylic acid groups (broad SMARTS) is 1. The highest BCUT2D eigenvalue weighted by Crippen LogP contribution is 2.22. The van der Waals surface area contributed by atoms with Crippen LogP contribution in [-0.4, -0.2) is 35.9 Å². The van der Waals surface area contributed by atoms with Gasteiger partial charge in [0.2, 0.25) is 0 Å². The average Bonchev–Trinajstić information content (AvgIpc) is 2.36. The van der Waals surface area contributed by atoms with Crippen molar-refractivity contribution in [3.8, 4) is 5.75 Å². The number of methoxy groups -OCH3 is 1. The van der Waals surface area contributed by atoms with E-state index in [2.05, 4.69) is 21.6 Å². The van der Waals surface area contributed by atoms with Crippen molar-refractivity contribution in [2.24, 2.45) is 0 Å². The molecule has 0 radical (unpaired) electrons.